The van der Waals surface area contributed by atoms with Gasteiger partial charge < -0.3 is 9.47 Å². The van der Waals surface area contributed by atoms with Gasteiger partial charge in [0, 0.05) is 5.56 Å². The molecule has 1 aromatic rings. The second-order valence-electron chi connectivity index (χ2n) is 3.48. The maximum Gasteiger partial charge on any atom is 0.123 e. The lowest BCUT2D eigenvalue weighted by Crippen LogP contribution is -2.06. The first-order valence-corrected chi connectivity index (χ1v) is 4.88. The van der Waals surface area contributed by atoms with Crippen molar-refractivity contribution in [3.8, 4) is 17.6 Å². The van der Waals surface area contributed by atoms with E-state index in [4.69, 9.17) is 14.7 Å². The fraction of sp³-hybridized carbons (Fsp3) is 0.417. The van der Waals surface area contributed by atoms with Crippen LogP contribution in [0.1, 0.15) is 19.4 Å². The van der Waals surface area contributed by atoms with Gasteiger partial charge in [-0.15, -0.1) is 0 Å². The summed E-state index contributed by atoms with van der Waals surface area (Å²) in [6.45, 7) is 3.93. The molecule has 0 atom stereocenters. The Morgan fingerprint density at radius 3 is 2.67 bits per heavy atom. The largest absolute Gasteiger partial charge is 0.496 e. The van der Waals surface area contributed by atoms with E-state index in [9.17, 15) is 0 Å². The average molecular weight is 205 g/mol. The van der Waals surface area contributed by atoms with Gasteiger partial charge in [0.15, 0.2) is 0 Å². The predicted molar refractivity (Wildman–Crippen MR) is 58.1 cm³/mol. The van der Waals surface area contributed by atoms with Gasteiger partial charge in [-0.25, -0.2) is 0 Å². The van der Waals surface area contributed by atoms with Crippen molar-refractivity contribution in [1.82, 2.24) is 0 Å². The van der Waals surface area contributed by atoms with Crippen molar-refractivity contribution in [2.45, 2.75) is 26.4 Å². The monoisotopic (exact) mass is 205 g/mol. The highest BCUT2D eigenvalue weighted by atomic mass is 16.5. The number of ether oxygens (including phenoxy) is 2. The number of nitrogens with zero attached hydrogens (tertiary/aromatic N) is 1. The highest BCUT2D eigenvalue weighted by molar-refractivity contribution is 5.41. The summed E-state index contributed by atoms with van der Waals surface area (Å²) in [6.07, 6.45) is 0.465. The summed E-state index contributed by atoms with van der Waals surface area (Å²) in [5.74, 6) is 1.50. The van der Waals surface area contributed by atoms with Crippen molar-refractivity contribution in [1.29, 1.82) is 5.26 Å². The van der Waals surface area contributed by atoms with E-state index in [-0.39, 0.29) is 6.10 Å². The summed E-state index contributed by atoms with van der Waals surface area (Å²) in [4.78, 5) is 0. The van der Waals surface area contributed by atoms with E-state index in [1.807, 2.05) is 32.0 Å². The third-order valence-electron chi connectivity index (χ3n) is 1.89. The van der Waals surface area contributed by atoms with Gasteiger partial charge in [0.2, 0.25) is 0 Å². The van der Waals surface area contributed by atoms with Crippen molar-refractivity contribution in [3.63, 3.8) is 0 Å². The predicted octanol–water partition coefficient (Wildman–Crippen LogP) is 2.55. The van der Waals surface area contributed by atoms with Crippen molar-refractivity contribution >= 4 is 0 Å². The summed E-state index contributed by atoms with van der Waals surface area (Å²) >= 11 is 0. The number of hydrogen-bond donors (Lipinski definition) is 0. The number of rotatable bonds is 4. The van der Waals surface area contributed by atoms with Crippen LogP contribution >= 0.6 is 0 Å². The van der Waals surface area contributed by atoms with Crippen LogP contribution in [0.5, 0.6) is 11.5 Å². The highest BCUT2D eigenvalue weighted by Crippen LogP contribution is 2.24. The minimum absolute atomic E-state index is 0.133. The fourth-order valence-corrected chi connectivity index (χ4v) is 1.32. The number of hydrogen-bond acceptors (Lipinski definition) is 3. The first-order valence-electron chi connectivity index (χ1n) is 4.88. The topological polar surface area (TPSA) is 42.2 Å². The molecule has 15 heavy (non-hydrogen) atoms. The summed E-state index contributed by atoms with van der Waals surface area (Å²) in [5, 5.41) is 8.67. The molecule has 0 amide bonds. The van der Waals surface area contributed by atoms with Gasteiger partial charge in [0.1, 0.15) is 11.5 Å². The van der Waals surface area contributed by atoms with Crippen molar-refractivity contribution in [2.24, 2.45) is 0 Å². The molecule has 1 aromatic carbocycles. The molecule has 0 saturated heterocycles. The lowest BCUT2D eigenvalue weighted by atomic mass is 10.1. The van der Waals surface area contributed by atoms with Gasteiger partial charge in [-0.2, -0.15) is 5.26 Å². The van der Waals surface area contributed by atoms with E-state index in [1.165, 1.54) is 0 Å². The van der Waals surface area contributed by atoms with Crippen LogP contribution in [0.3, 0.4) is 0 Å². The molecule has 0 aromatic heterocycles. The molecule has 80 valence electrons. The van der Waals surface area contributed by atoms with Crippen molar-refractivity contribution in [3.05, 3.63) is 23.8 Å². The van der Waals surface area contributed by atoms with E-state index in [2.05, 4.69) is 6.07 Å². The minimum atomic E-state index is 0.133. The normalized spacial score (nSPS) is 9.80. The van der Waals surface area contributed by atoms with Crippen LogP contribution in [0, 0.1) is 11.3 Å². The minimum Gasteiger partial charge on any atom is -0.496 e. The van der Waals surface area contributed by atoms with Crippen molar-refractivity contribution in [2.75, 3.05) is 7.11 Å². The molecule has 3 heteroatoms. The van der Waals surface area contributed by atoms with E-state index in [0.717, 1.165) is 17.1 Å². The lowest BCUT2D eigenvalue weighted by Gasteiger charge is -2.12. The Bertz CT molecular complexity index is 366. The molecule has 0 aliphatic heterocycles. The zero-order valence-corrected chi connectivity index (χ0v) is 9.28. The molecule has 1 rings (SSSR count). The van der Waals surface area contributed by atoms with Crippen LogP contribution < -0.4 is 9.47 Å². The number of methoxy groups -OCH3 is 1. The molecule has 0 fully saturated rings. The second-order valence-corrected chi connectivity index (χ2v) is 3.48. The molecule has 0 aliphatic rings. The highest BCUT2D eigenvalue weighted by Gasteiger charge is 2.05. The second kappa shape index (κ2) is 5.26. The van der Waals surface area contributed by atoms with Crippen molar-refractivity contribution < 1.29 is 9.47 Å². The first-order chi connectivity index (χ1) is 7.17. The molecule has 0 aliphatic carbocycles. The maximum atomic E-state index is 8.67. The molecule has 0 bridgehead atoms. The molecular formula is C12H15NO2. The van der Waals surface area contributed by atoms with E-state index >= 15 is 0 Å². The Balaban J connectivity index is 2.95. The van der Waals surface area contributed by atoms with E-state index < -0.39 is 0 Å². The summed E-state index contributed by atoms with van der Waals surface area (Å²) in [6, 6.07) is 7.62. The number of nitriles is 1. The summed E-state index contributed by atoms with van der Waals surface area (Å²) in [5.41, 5.74) is 0.859. The van der Waals surface area contributed by atoms with Gasteiger partial charge in [0.25, 0.3) is 0 Å². The van der Waals surface area contributed by atoms with E-state index in [1.54, 1.807) is 7.11 Å². The lowest BCUT2D eigenvalue weighted by molar-refractivity contribution is 0.242. The first kappa shape index (κ1) is 11.4. The molecule has 0 unspecified atom stereocenters. The summed E-state index contributed by atoms with van der Waals surface area (Å²) in [7, 11) is 1.60. The van der Waals surface area contributed by atoms with Crippen LogP contribution in [-0.2, 0) is 6.42 Å². The van der Waals surface area contributed by atoms with E-state index in [0.29, 0.717) is 6.42 Å². The van der Waals surface area contributed by atoms with Crippen LogP contribution in [0.2, 0.25) is 0 Å². The van der Waals surface area contributed by atoms with Gasteiger partial charge in [-0.05, 0) is 32.0 Å². The van der Waals surface area contributed by atoms with Crippen LogP contribution in [0.25, 0.3) is 0 Å². The third kappa shape index (κ3) is 3.17. The average Bonchev–Trinajstić information content (AvgIpc) is 2.18. The Labute approximate surface area is 90.2 Å². The Hall–Kier alpha value is -1.69. The van der Waals surface area contributed by atoms with Crippen LogP contribution in [0.4, 0.5) is 0 Å². The Kier molecular flexibility index (Phi) is 3.99. The van der Waals surface area contributed by atoms with Gasteiger partial charge in [-0.3, -0.25) is 0 Å². The molecule has 0 spiro atoms. The van der Waals surface area contributed by atoms with Gasteiger partial charge >= 0.3 is 0 Å². The fourth-order valence-electron chi connectivity index (χ4n) is 1.32. The molecule has 0 heterocycles. The third-order valence-corrected chi connectivity index (χ3v) is 1.89. The zero-order valence-electron chi connectivity index (χ0n) is 9.28. The summed E-state index contributed by atoms with van der Waals surface area (Å²) < 4.78 is 10.7. The quantitative estimate of drug-likeness (QED) is 0.758. The molecule has 0 saturated carbocycles. The maximum absolute atomic E-state index is 8.67. The standard InChI is InChI=1S/C12H15NO2/c1-9(2)15-11-4-5-12(14-3)10(8-11)6-7-13/h4-5,8-9H,6H2,1-3H3. The Morgan fingerprint density at radius 1 is 1.40 bits per heavy atom. The zero-order chi connectivity index (χ0) is 11.3. The molecule has 0 radical (unpaired) electrons. The van der Waals surface area contributed by atoms with Crippen LogP contribution in [0.15, 0.2) is 18.2 Å². The molecule has 3 nitrogen and oxygen atoms in total. The number of benzene rings is 1. The smallest absolute Gasteiger partial charge is 0.123 e. The SMILES string of the molecule is COc1ccc(OC(C)C)cc1CC#N. The van der Waals surface area contributed by atoms with Crippen LogP contribution in [-0.4, -0.2) is 13.2 Å². The molecular weight excluding hydrogens is 190 g/mol. The van der Waals surface area contributed by atoms with Gasteiger partial charge in [-0.1, -0.05) is 0 Å². The Morgan fingerprint density at radius 2 is 2.13 bits per heavy atom. The van der Waals surface area contributed by atoms with Gasteiger partial charge in [0.05, 0.1) is 25.7 Å². The molecule has 0 N–H and O–H groups in total.